The summed E-state index contributed by atoms with van der Waals surface area (Å²) in [5.41, 5.74) is 0. The van der Waals surface area contributed by atoms with Gasteiger partial charge in [0.1, 0.15) is 5.82 Å². The van der Waals surface area contributed by atoms with Gasteiger partial charge in [0.15, 0.2) is 0 Å². The molecule has 2 fully saturated rings. The minimum Gasteiger partial charge on any atom is -0.348 e. The Morgan fingerprint density at radius 3 is 2.86 bits per heavy atom. The highest BCUT2D eigenvalue weighted by atomic mass is 16.2. The smallest absolute Gasteiger partial charge is 0.224 e. The Morgan fingerprint density at radius 1 is 1.43 bits per heavy atom. The second-order valence-corrected chi connectivity index (χ2v) is 6.82. The molecule has 0 radical (unpaired) electrons. The van der Waals surface area contributed by atoms with Gasteiger partial charge in [-0.2, -0.15) is 0 Å². The molecule has 1 N–H and O–H groups in total. The lowest BCUT2D eigenvalue weighted by atomic mass is 10.0. The van der Waals surface area contributed by atoms with Crippen LogP contribution in [-0.2, 0) is 11.3 Å². The van der Waals surface area contributed by atoms with Crippen molar-refractivity contribution in [3.63, 3.8) is 0 Å². The van der Waals surface area contributed by atoms with Crippen LogP contribution in [0.5, 0.6) is 0 Å². The summed E-state index contributed by atoms with van der Waals surface area (Å²) in [5.74, 6) is 2.57. The van der Waals surface area contributed by atoms with Crippen molar-refractivity contribution in [2.45, 2.75) is 45.7 Å². The predicted molar refractivity (Wildman–Crippen MR) is 81.5 cm³/mol. The Morgan fingerprint density at radius 2 is 2.24 bits per heavy atom. The van der Waals surface area contributed by atoms with E-state index in [-0.39, 0.29) is 0 Å². The molecular weight excluding hydrogens is 264 g/mol. The summed E-state index contributed by atoms with van der Waals surface area (Å²) in [5, 5.41) is 0. The molecule has 1 aliphatic heterocycles. The maximum absolute atomic E-state index is 12.5. The van der Waals surface area contributed by atoms with Gasteiger partial charge < -0.3 is 9.88 Å². The summed E-state index contributed by atoms with van der Waals surface area (Å²) < 4.78 is 0. The fourth-order valence-corrected chi connectivity index (χ4v) is 3.16. The average Bonchev–Trinajstić information content (AvgIpc) is 3.15. The van der Waals surface area contributed by atoms with Crippen molar-refractivity contribution in [2.75, 3.05) is 19.6 Å². The first-order valence-corrected chi connectivity index (χ1v) is 8.13. The maximum Gasteiger partial charge on any atom is 0.224 e. The molecule has 0 aromatic carbocycles. The number of carbonyl (C=O) groups excluding carboxylic acids is 1. The van der Waals surface area contributed by atoms with Gasteiger partial charge in [0.2, 0.25) is 5.91 Å². The van der Waals surface area contributed by atoms with Crippen LogP contribution >= 0.6 is 0 Å². The molecule has 21 heavy (non-hydrogen) atoms. The van der Waals surface area contributed by atoms with E-state index in [9.17, 15) is 4.79 Å². The topological polar surface area (TPSA) is 52.2 Å². The molecule has 1 amide bonds. The SMILES string of the molecule is CC(C)[C@@H]1CN(Cc2ncc[nH]2)CCC(=O)N1CC1CC1. The largest absolute Gasteiger partial charge is 0.348 e. The summed E-state index contributed by atoms with van der Waals surface area (Å²) in [7, 11) is 0. The first-order valence-electron chi connectivity index (χ1n) is 8.13. The second-order valence-electron chi connectivity index (χ2n) is 6.82. The van der Waals surface area contributed by atoms with Gasteiger partial charge in [0, 0.05) is 44.5 Å². The zero-order valence-electron chi connectivity index (χ0n) is 13.1. The first-order chi connectivity index (χ1) is 10.1. The summed E-state index contributed by atoms with van der Waals surface area (Å²) in [6, 6.07) is 0.329. The maximum atomic E-state index is 12.5. The molecule has 3 rings (SSSR count). The summed E-state index contributed by atoms with van der Waals surface area (Å²) in [6.07, 6.45) is 6.88. The predicted octanol–water partition coefficient (Wildman–Crippen LogP) is 1.88. The van der Waals surface area contributed by atoms with Crippen molar-refractivity contribution < 1.29 is 4.79 Å². The highest BCUT2D eigenvalue weighted by molar-refractivity contribution is 5.77. The van der Waals surface area contributed by atoms with E-state index in [4.69, 9.17) is 0 Å². The number of aromatic amines is 1. The molecule has 5 nitrogen and oxygen atoms in total. The van der Waals surface area contributed by atoms with Crippen LogP contribution in [-0.4, -0.2) is 51.4 Å². The summed E-state index contributed by atoms with van der Waals surface area (Å²) in [6.45, 7) is 8.03. The van der Waals surface area contributed by atoms with Crippen LogP contribution in [0.2, 0.25) is 0 Å². The Balaban J connectivity index is 1.70. The standard InChI is InChI=1S/C16H26N4O/c1-12(2)14-10-19(11-15-17-6-7-18-15)8-5-16(21)20(14)9-13-3-4-13/h6-7,12-14H,3-5,8-11H2,1-2H3,(H,17,18)/t14-/m0/s1. The molecule has 2 heterocycles. The molecule has 1 atom stereocenters. The number of nitrogens with one attached hydrogen (secondary N) is 1. The molecule has 0 unspecified atom stereocenters. The minimum absolute atomic E-state index is 0.329. The number of hydrogen-bond donors (Lipinski definition) is 1. The lowest BCUT2D eigenvalue weighted by molar-refractivity contribution is -0.133. The van der Waals surface area contributed by atoms with Crippen LogP contribution in [0.4, 0.5) is 0 Å². The minimum atomic E-state index is 0.329. The van der Waals surface area contributed by atoms with E-state index < -0.39 is 0 Å². The quantitative estimate of drug-likeness (QED) is 0.901. The zero-order chi connectivity index (χ0) is 14.8. The van der Waals surface area contributed by atoms with Crippen molar-refractivity contribution in [1.29, 1.82) is 0 Å². The Bertz CT molecular complexity index is 467. The van der Waals surface area contributed by atoms with Gasteiger partial charge in [-0.05, 0) is 24.7 Å². The van der Waals surface area contributed by atoms with Crippen molar-refractivity contribution in [3.8, 4) is 0 Å². The summed E-state index contributed by atoms with van der Waals surface area (Å²) >= 11 is 0. The van der Waals surface area contributed by atoms with Crippen LogP contribution in [0.1, 0.15) is 38.9 Å². The summed E-state index contributed by atoms with van der Waals surface area (Å²) in [4.78, 5) is 24.5. The van der Waals surface area contributed by atoms with Gasteiger partial charge in [-0.15, -0.1) is 0 Å². The molecule has 2 aliphatic rings. The Hall–Kier alpha value is -1.36. The van der Waals surface area contributed by atoms with E-state index in [1.54, 1.807) is 6.20 Å². The van der Waals surface area contributed by atoms with Gasteiger partial charge in [0.25, 0.3) is 0 Å². The number of rotatable bonds is 5. The van der Waals surface area contributed by atoms with Crippen molar-refractivity contribution in [3.05, 3.63) is 18.2 Å². The van der Waals surface area contributed by atoms with Gasteiger partial charge in [-0.3, -0.25) is 9.69 Å². The van der Waals surface area contributed by atoms with E-state index >= 15 is 0 Å². The molecule has 1 saturated heterocycles. The molecule has 1 aromatic rings. The number of imidazole rings is 1. The third-order valence-corrected chi connectivity index (χ3v) is 4.66. The number of aromatic nitrogens is 2. The third kappa shape index (κ3) is 3.64. The van der Waals surface area contributed by atoms with E-state index in [0.717, 1.165) is 37.9 Å². The van der Waals surface area contributed by atoms with Crippen molar-refractivity contribution in [1.82, 2.24) is 19.8 Å². The van der Waals surface area contributed by atoms with Crippen LogP contribution in [0, 0.1) is 11.8 Å². The van der Waals surface area contributed by atoms with E-state index in [1.165, 1.54) is 12.8 Å². The Kier molecular flexibility index (Phi) is 4.29. The van der Waals surface area contributed by atoms with Gasteiger partial charge in [-0.1, -0.05) is 13.8 Å². The molecule has 1 aliphatic carbocycles. The van der Waals surface area contributed by atoms with E-state index in [2.05, 4.69) is 33.6 Å². The molecule has 1 saturated carbocycles. The zero-order valence-corrected chi connectivity index (χ0v) is 13.1. The van der Waals surface area contributed by atoms with E-state index in [0.29, 0.717) is 24.3 Å². The molecule has 5 heteroatoms. The normalized spacial score (nSPS) is 24.6. The highest BCUT2D eigenvalue weighted by Gasteiger charge is 2.35. The van der Waals surface area contributed by atoms with Gasteiger partial charge >= 0.3 is 0 Å². The highest BCUT2D eigenvalue weighted by Crippen LogP contribution is 2.32. The van der Waals surface area contributed by atoms with Crippen LogP contribution in [0.25, 0.3) is 0 Å². The lowest BCUT2D eigenvalue weighted by Crippen LogP contribution is -2.47. The second kappa shape index (κ2) is 6.18. The van der Waals surface area contributed by atoms with E-state index in [1.807, 2.05) is 6.20 Å². The van der Waals surface area contributed by atoms with Crippen molar-refractivity contribution >= 4 is 5.91 Å². The number of amides is 1. The molecular formula is C16H26N4O. The average molecular weight is 290 g/mol. The Labute approximate surface area is 126 Å². The first kappa shape index (κ1) is 14.6. The van der Waals surface area contributed by atoms with Gasteiger partial charge in [0.05, 0.1) is 6.54 Å². The van der Waals surface area contributed by atoms with Gasteiger partial charge in [-0.25, -0.2) is 4.98 Å². The molecule has 0 bridgehead atoms. The third-order valence-electron chi connectivity index (χ3n) is 4.66. The number of nitrogens with zero attached hydrogens (tertiary/aromatic N) is 3. The fraction of sp³-hybridized carbons (Fsp3) is 0.750. The number of H-pyrrole nitrogens is 1. The monoisotopic (exact) mass is 290 g/mol. The molecule has 116 valence electrons. The van der Waals surface area contributed by atoms with Crippen molar-refractivity contribution in [2.24, 2.45) is 11.8 Å². The van der Waals surface area contributed by atoms with Crippen LogP contribution in [0.3, 0.4) is 0 Å². The fourth-order valence-electron chi connectivity index (χ4n) is 3.16. The van der Waals surface area contributed by atoms with Crippen LogP contribution < -0.4 is 0 Å². The van der Waals surface area contributed by atoms with Crippen LogP contribution in [0.15, 0.2) is 12.4 Å². The molecule has 0 spiro atoms. The lowest BCUT2D eigenvalue weighted by Gasteiger charge is -2.34. The molecule has 1 aromatic heterocycles. The number of hydrogen-bond acceptors (Lipinski definition) is 3. The number of carbonyl (C=O) groups is 1.